The van der Waals surface area contributed by atoms with Gasteiger partial charge in [0.2, 0.25) is 0 Å². The van der Waals surface area contributed by atoms with Gasteiger partial charge in [-0.3, -0.25) is 9.98 Å². The number of hydrogen-bond donors (Lipinski definition) is 10. The monoisotopic (exact) mass is 1010 g/mol. The van der Waals surface area contributed by atoms with Crippen LogP contribution in [0.5, 0.6) is 0 Å². The molecular weight excluding hydrogens is 959 g/mol. The van der Waals surface area contributed by atoms with Gasteiger partial charge in [-0.1, -0.05) is 13.8 Å². The van der Waals surface area contributed by atoms with Gasteiger partial charge >= 0.3 is 35.8 Å². The third kappa shape index (κ3) is 22.3. The van der Waals surface area contributed by atoms with E-state index in [9.17, 15) is 37.5 Å². The first-order valence-electron chi connectivity index (χ1n) is 20.7. The second-order valence-electron chi connectivity index (χ2n) is 14.6. The highest BCUT2D eigenvalue weighted by molar-refractivity contribution is 7.17. The van der Waals surface area contributed by atoms with Crippen LogP contribution < -0.4 is 21.3 Å². The number of carboxylic acids is 6. The van der Waals surface area contributed by atoms with Crippen LogP contribution in [0.1, 0.15) is 34.7 Å². The predicted octanol–water partition coefficient (Wildman–Crippen LogP) is 6.99. The Morgan fingerprint density at radius 2 is 0.800 bits per heavy atom. The van der Waals surface area contributed by atoms with Crippen molar-refractivity contribution in [1.29, 1.82) is 0 Å². The van der Waals surface area contributed by atoms with E-state index in [0.717, 1.165) is 81.5 Å². The Morgan fingerprint density at radius 3 is 1.06 bits per heavy atom. The zero-order chi connectivity index (χ0) is 52.5. The number of nitrogens with one attached hydrogen (secondary N) is 4. The lowest BCUT2D eigenvalue weighted by Gasteiger charge is -2.11. The van der Waals surface area contributed by atoms with Gasteiger partial charge in [-0.05, 0) is 89.6 Å². The molecular formula is C46H54F2N8O12S2. The van der Waals surface area contributed by atoms with Gasteiger partial charge in [0.25, 0.3) is 0 Å². The van der Waals surface area contributed by atoms with Gasteiger partial charge in [-0.2, -0.15) is 0 Å². The number of aryl methyl sites for hydroxylation is 2. The number of fused-ring (bicyclic) bond motifs is 4. The summed E-state index contributed by atoms with van der Waals surface area (Å²) in [5.74, 6) is -6.46. The van der Waals surface area contributed by atoms with E-state index in [1.807, 2.05) is 28.2 Å². The second-order valence-corrected chi connectivity index (χ2v) is 16.9. The minimum atomic E-state index is -1.26. The molecule has 0 fully saturated rings. The third-order valence-electron chi connectivity index (χ3n) is 8.48. The Kier molecular flexibility index (Phi) is 24.9. The summed E-state index contributed by atoms with van der Waals surface area (Å²) in [5.41, 5.74) is 5.29. The van der Waals surface area contributed by atoms with Crippen molar-refractivity contribution < 1.29 is 68.2 Å². The van der Waals surface area contributed by atoms with Crippen molar-refractivity contribution >= 4 is 103 Å². The number of amidine groups is 2. The Morgan fingerprint density at radius 1 is 0.500 bits per heavy atom. The van der Waals surface area contributed by atoms with Crippen molar-refractivity contribution in [2.45, 2.75) is 26.7 Å². The highest BCUT2D eigenvalue weighted by atomic mass is 32.1. The minimum absolute atomic E-state index is 0.259. The molecule has 0 atom stereocenters. The lowest BCUT2D eigenvalue weighted by molar-refractivity contribution is -0.134. The topological polar surface area (TPSA) is 303 Å². The van der Waals surface area contributed by atoms with Crippen LogP contribution in [0, 0.1) is 11.6 Å². The average Bonchev–Trinajstić information content (AvgIpc) is 3.82. The van der Waals surface area contributed by atoms with Crippen LogP contribution in [-0.2, 0) is 41.6 Å². The summed E-state index contributed by atoms with van der Waals surface area (Å²) in [4.78, 5) is 73.5. The first kappa shape index (κ1) is 58.3. The number of nitrogens with zero attached hydrogens (tertiary/aromatic N) is 4. The van der Waals surface area contributed by atoms with E-state index in [-0.39, 0.29) is 11.6 Å². The fraction of sp³-hybridized carbons (Fsp3) is 0.261. The standard InChI is InChI=1S/2C17H21FN4S.3C4H4O4/c2*1-4-12-10-13-16(19-7-8-22(2)3)20-15-9-11(18)5-6-14(15)21-17(13)23-12;3*5-3(6)1-2-4(7)8/h2*5-6,9-10,21H,4,7-8H2,1-3H3,(H,19,20);3*1-2H,(H,5,6)(H,7,8)/b;;3*2-1-. The predicted molar refractivity (Wildman–Crippen MR) is 267 cm³/mol. The van der Waals surface area contributed by atoms with Crippen molar-refractivity contribution in [3.63, 3.8) is 0 Å². The van der Waals surface area contributed by atoms with Gasteiger partial charge in [0.15, 0.2) is 0 Å². The normalized spacial score (nSPS) is 13.1. The summed E-state index contributed by atoms with van der Waals surface area (Å²) in [6.07, 6.45) is 5.32. The molecule has 20 nitrogen and oxygen atoms in total. The van der Waals surface area contributed by atoms with Gasteiger partial charge < -0.3 is 61.7 Å². The van der Waals surface area contributed by atoms with Crippen LogP contribution in [0.15, 0.2) is 95.0 Å². The highest BCUT2D eigenvalue weighted by Gasteiger charge is 2.22. The summed E-state index contributed by atoms with van der Waals surface area (Å²) in [6.45, 7) is 7.41. The van der Waals surface area contributed by atoms with Gasteiger partial charge in [0, 0.05) is 59.3 Å². The van der Waals surface area contributed by atoms with Crippen LogP contribution in [0.2, 0.25) is 0 Å². The van der Waals surface area contributed by atoms with Crippen LogP contribution in [-0.4, -0.2) is 142 Å². The molecule has 2 aromatic heterocycles. The van der Waals surface area contributed by atoms with Crippen LogP contribution >= 0.6 is 22.7 Å². The molecule has 0 spiro atoms. The van der Waals surface area contributed by atoms with Crippen molar-refractivity contribution in [2.24, 2.45) is 9.98 Å². The molecule has 376 valence electrons. The van der Waals surface area contributed by atoms with E-state index in [0.29, 0.717) is 49.5 Å². The van der Waals surface area contributed by atoms with Crippen LogP contribution in [0.3, 0.4) is 0 Å². The van der Waals surface area contributed by atoms with Gasteiger partial charge in [0.05, 0.1) is 47.0 Å². The van der Waals surface area contributed by atoms with Gasteiger partial charge in [0.1, 0.15) is 33.3 Å². The number of hydrogen-bond acceptors (Lipinski definition) is 14. The molecule has 2 aliphatic rings. The molecule has 4 aromatic rings. The Labute approximate surface area is 409 Å². The molecule has 6 rings (SSSR count). The van der Waals surface area contributed by atoms with Crippen LogP contribution in [0.4, 0.5) is 41.5 Å². The zero-order valence-corrected chi connectivity index (χ0v) is 40.5. The highest BCUT2D eigenvalue weighted by Crippen LogP contribution is 2.39. The number of aliphatic imine (C=N–C) groups is 2. The average molecular weight is 1010 g/mol. The number of thiophene rings is 2. The van der Waals surface area contributed by atoms with E-state index in [1.54, 1.807) is 34.8 Å². The lowest BCUT2D eigenvalue weighted by atomic mass is 10.2. The number of carboxylic acid groups (broad SMARTS) is 6. The number of carbonyl (C=O) groups is 6. The van der Waals surface area contributed by atoms with E-state index in [4.69, 9.17) is 40.6 Å². The molecule has 0 radical (unpaired) electrons. The molecule has 70 heavy (non-hydrogen) atoms. The van der Waals surface area contributed by atoms with Crippen LogP contribution in [0.25, 0.3) is 0 Å². The number of anilines is 6. The number of benzene rings is 2. The van der Waals surface area contributed by atoms with E-state index in [2.05, 4.69) is 57.0 Å². The smallest absolute Gasteiger partial charge is 0.328 e. The second kappa shape index (κ2) is 29.8. The maximum atomic E-state index is 13.6. The molecule has 0 aliphatic carbocycles. The van der Waals surface area contributed by atoms with Crippen molar-refractivity contribution in [2.75, 3.05) is 75.6 Å². The molecule has 0 unspecified atom stereocenters. The number of aliphatic carboxylic acids is 6. The fourth-order valence-electron chi connectivity index (χ4n) is 5.26. The molecule has 0 saturated heterocycles. The molecule has 2 aromatic carbocycles. The number of likely N-dealkylation sites (N-methyl/N-ethyl adjacent to an activating group) is 2. The molecule has 24 heteroatoms. The summed E-state index contributed by atoms with van der Waals surface area (Å²) in [6, 6.07) is 13.8. The zero-order valence-electron chi connectivity index (χ0n) is 38.8. The van der Waals surface area contributed by atoms with E-state index < -0.39 is 35.8 Å². The molecule has 4 heterocycles. The van der Waals surface area contributed by atoms with Crippen molar-refractivity contribution in [3.05, 3.63) is 118 Å². The first-order valence-corrected chi connectivity index (χ1v) is 22.4. The minimum Gasteiger partial charge on any atom is -0.478 e. The van der Waals surface area contributed by atoms with E-state index in [1.165, 1.54) is 34.0 Å². The Bertz CT molecular complexity index is 2370. The summed E-state index contributed by atoms with van der Waals surface area (Å²) >= 11 is 3.45. The first-order chi connectivity index (χ1) is 33.0. The van der Waals surface area contributed by atoms with E-state index >= 15 is 0 Å². The lowest BCUT2D eigenvalue weighted by Crippen LogP contribution is -2.19. The van der Waals surface area contributed by atoms with Gasteiger partial charge in [-0.15, -0.1) is 22.7 Å². The molecule has 0 amide bonds. The maximum Gasteiger partial charge on any atom is 0.328 e. The summed E-state index contributed by atoms with van der Waals surface area (Å²) in [5, 5.41) is 62.4. The van der Waals surface area contributed by atoms with Crippen molar-refractivity contribution in [3.8, 4) is 0 Å². The van der Waals surface area contributed by atoms with Crippen molar-refractivity contribution in [1.82, 2.24) is 9.80 Å². The number of rotatable bonds is 14. The summed E-state index contributed by atoms with van der Waals surface area (Å²) < 4.78 is 27.1. The quantitative estimate of drug-likeness (QED) is 0.0569. The fourth-order valence-corrected chi connectivity index (χ4v) is 7.28. The summed E-state index contributed by atoms with van der Waals surface area (Å²) in [7, 11) is 8.10. The molecule has 0 saturated carbocycles. The number of halogens is 2. The maximum absolute atomic E-state index is 13.6. The van der Waals surface area contributed by atoms with Gasteiger partial charge in [-0.25, -0.2) is 37.5 Å². The molecule has 10 N–H and O–H groups in total. The third-order valence-corrected chi connectivity index (χ3v) is 10.9. The molecule has 0 bridgehead atoms. The molecule has 2 aliphatic heterocycles. The Balaban J connectivity index is 0.000000332. The SMILES string of the molecule is CCc1cc2c(s1)Nc1ccc(F)cc1NC2=NCCN(C)C.CCc1cc2c(s1)Nc1ccc(F)cc1NC2=NCCN(C)C.O=C(O)/C=C\C(=O)O.O=C(O)/C=C\C(=O)O.O=C(O)/C=C\C(=O)O. The Hall–Kier alpha value is -7.80. The largest absolute Gasteiger partial charge is 0.478 e.